The smallest absolute Gasteiger partial charge is 0.339 e. The van der Waals surface area contributed by atoms with Gasteiger partial charge in [0, 0.05) is 11.6 Å². The van der Waals surface area contributed by atoms with Crippen LogP contribution in [0.5, 0.6) is 0 Å². The average Bonchev–Trinajstić information content (AvgIpc) is 3.35. The number of benzene rings is 2. The minimum Gasteiger partial charge on any atom is -0.465 e. The van der Waals surface area contributed by atoms with Crippen molar-refractivity contribution in [2.45, 2.75) is 0 Å². The van der Waals surface area contributed by atoms with Crippen molar-refractivity contribution < 1.29 is 18.7 Å². The summed E-state index contributed by atoms with van der Waals surface area (Å²) in [4.78, 5) is 28.8. The maximum Gasteiger partial charge on any atom is 0.339 e. The summed E-state index contributed by atoms with van der Waals surface area (Å²) in [6.45, 7) is 0. The van der Waals surface area contributed by atoms with Crippen molar-refractivity contribution in [3.63, 3.8) is 0 Å². The molecule has 0 aliphatic carbocycles. The average molecular weight is 439 g/mol. The summed E-state index contributed by atoms with van der Waals surface area (Å²) in [5.74, 6) is 0.324. The number of carbonyl (C=O) groups is 2. The van der Waals surface area contributed by atoms with Crippen LogP contribution in [0.25, 0.3) is 17.4 Å². The Hall–Kier alpha value is -3.29. The van der Waals surface area contributed by atoms with E-state index in [1.54, 1.807) is 36.4 Å². The third-order valence-electron chi connectivity index (χ3n) is 4.20. The van der Waals surface area contributed by atoms with E-state index < -0.39 is 5.97 Å². The maximum absolute atomic E-state index is 12.2. The van der Waals surface area contributed by atoms with Crippen LogP contribution in [0.3, 0.4) is 0 Å². The Morgan fingerprint density at radius 2 is 1.97 bits per heavy atom. The molecule has 1 aromatic heterocycles. The lowest BCUT2D eigenvalue weighted by Crippen LogP contribution is -2.19. The highest BCUT2D eigenvalue weighted by Gasteiger charge is 2.24. The standard InChI is InChI=1S/C22H15ClN2O4S/c1-28-21(27)16-9-7-13(11-17(16)23)18-10-8-15(29-18)12-19-20(26)25-22(30-19)24-14-5-3-2-4-6-14/h2-12H,1H3,(H,24,25,26)/b19-12-. The highest BCUT2D eigenvalue weighted by molar-refractivity contribution is 8.18. The number of ether oxygens (including phenoxy) is 1. The molecule has 0 bridgehead atoms. The molecule has 2 aromatic carbocycles. The lowest BCUT2D eigenvalue weighted by molar-refractivity contribution is -0.115. The van der Waals surface area contributed by atoms with Gasteiger partial charge in [0.2, 0.25) is 0 Å². The summed E-state index contributed by atoms with van der Waals surface area (Å²) < 4.78 is 10.5. The molecule has 150 valence electrons. The number of halogens is 1. The number of aliphatic imine (C=N–C) groups is 1. The van der Waals surface area contributed by atoms with E-state index in [9.17, 15) is 9.59 Å². The molecule has 0 atom stereocenters. The van der Waals surface area contributed by atoms with Gasteiger partial charge in [-0.2, -0.15) is 0 Å². The molecule has 0 spiro atoms. The lowest BCUT2D eigenvalue weighted by atomic mass is 10.1. The molecular weight excluding hydrogens is 424 g/mol. The van der Waals surface area contributed by atoms with Crippen LogP contribution in [-0.4, -0.2) is 24.2 Å². The van der Waals surface area contributed by atoms with Crippen molar-refractivity contribution in [1.29, 1.82) is 0 Å². The first-order chi connectivity index (χ1) is 14.5. The van der Waals surface area contributed by atoms with Crippen molar-refractivity contribution in [1.82, 2.24) is 5.32 Å². The van der Waals surface area contributed by atoms with E-state index >= 15 is 0 Å². The number of para-hydroxylation sites is 1. The van der Waals surface area contributed by atoms with Crippen molar-refractivity contribution >= 4 is 52.2 Å². The number of hydrogen-bond acceptors (Lipinski definition) is 6. The molecule has 0 unspecified atom stereocenters. The first-order valence-electron chi connectivity index (χ1n) is 8.86. The highest BCUT2D eigenvalue weighted by Crippen LogP contribution is 2.31. The van der Waals surface area contributed by atoms with E-state index in [2.05, 4.69) is 10.3 Å². The van der Waals surface area contributed by atoms with Crippen LogP contribution in [0, 0.1) is 0 Å². The summed E-state index contributed by atoms with van der Waals surface area (Å²) in [6.07, 6.45) is 1.65. The Kier molecular flexibility index (Phi) is 5.74. The van der Waals surface area contributed by atoms with Gasteiger partial charge in [0.05, 0.1) is 28.3 Å². The van der Waals surface area contributed by atoms with Gasteiger partial charge in [0.1, 0.15) is 11.5 Å². The Bertz CT molecular complexity index is 1180. The second kappa shape index (κ2) is 8.61. The number of esters is 1. The molecule has 1 fully saturated rings. The molecule has 30 heavy (non-hydrogen) atoms. The number of nitrogens with one attached hydrogen (secondary N) is 1. The van der Waals surface area contributed by atoms with Crippen LogP contribution >= 0.6 is 23.4 Å². The number of amides is 1. The number of rotatable bonds is 4. The minimum absolute atomic E-state index is 0.238. The predicted octanol–water partition coefficient (Wildman–Crippen LogP) is 5.28. The molecule has 3 aromatic rings. The molecule has 8 heteroatoms. The van der Waals surface area contributed by atoms with Crippen molar-refractivity contribution in [2.24, 2.45) is 4.99 Å². The normalized spacial score (nSPS) is 16.1. The second-order valence-electron chi connectivity index (χ2n) is 6.21. The van der Waals surface area contributed by atoms with Crippen molar-refractivity contribution in [2.75, 3.05) is 7.11 Å². The summed E-state index contributed by atoms with van der Waals surface area (Å²) in [6, 6.07) is 17.8. The molecule has 2 heterocycles. The number of carbonyl (C=O) groups excluding carboxylic acids is 2. The zero-order chi connectivity index (χ0) is 21.1. The van der Waals surface area contributed by atoms with Gasteiger partial charge in [0.25, 0.3) is 5.91 Å². The molecule has 1 N–H and O–H groups in total. The van der Waals surface area contributed by atoms with Gasteiger partial charge in [0.15, 0.2) is 5.17 Å². The second-order valence-corrected chi connectivity index (χ2v) is 7.64. The first kappa shape index (κ1) is 20.0. The van der Waals surface area contributed by atoms with Crippen LogP contribution in [0.2, 0.25) is 5.02 Å². The number of furan rings is 1. The lowest BCUT2D eigenvalue weighted by Gasteiger charge is -2.04. The van der Waals surface area contributed by atoms with Gasteiger partial charge < -0.3 is 14.5 Å². The largest absolute Gasteiger partial charge is 0.465 e. The van der Waals surface area contributed by atoms with Crippen molar-refractivity contribution in [3.8, 4) is 11.3 Å². The number of methoxy groups -OCH3 is 1. The summed E-state index contributed by atoms with van der Waals surface area (Å²) in [7, 11) is 1.30. The van der Waals surface area contributed by atoms with Gasteiger partial charge in [-0.1, -0.05) is 35.9 Å². The van der Waals surface area contributed by atoms with Gasteiger partial charge in [-0.25, -0.2) is 9.79 Å². The third kappa shape index (κ3) is 4.32. The molecule has 6 nitrogen and oxygen atoms in total. The van der Waals surface area contributed by atoms with Gasteiger partial charge in [-0.3, -0.25) is 4.79 Å². The maximum atomic E-state index is 12.2. The number of hydrogen-bond donors (Lipinski definition) is 1. The summed E-state index contributed by atoms with van der Waals surface area (Å²) in [5, 5.41) is 3.52. The molecule has 1 saturated heterocycles. The molecule has 1 aliphatic rings. The van der Waals surface area contributed by atoms with Crippen LogP contribution in [0.1, 0.15) is 16.1 Å². The monoisotopic (exact) mass is 438 g/mol. The molecule has 0 radical (unpaired) electrons. The van der Waals surface area contributed by atoms with Crippen LogP contribution in [0.15, 0.2) is 75.0 Å². The fraction of sp³-hybridized carbons (Fsp3) is 0.0455. The van der Waals surface area contributed by atoms with E-state index in [1.807, 2.05) is 30.3 Å². The van der Waals surface area contributed by atoms with Gasteiger partial charge >= 0.3 is 5.97 Å². The van der Waals surface area contributed by atoms with Crippen LogP contribution in [-0.2, 0) is 9.53 Å². The van der Waals surface area contributed by atoms with Gasteiger partial charge in [-0.05, 0) is 48.2 Å². The van der Waals surface area contributed by atoms with E-state index in [1.165, 1.54) is 18.9 Å². The third-order valence-corrected chi connectivity index (χ3v) is 5.42. The molecule has 4 rings (SSSR count). The van der Waals surface area contributed by atoms with Crippen LogP contribution in [0.4, 0.5) is 5.69 Å². The molecule has 0 saturated carbocycles. The SMILES string of the molecule is COC(=O)c1ccc(-c2ccc(/C=C3\SC(=Nc4ccccc4)NC3=O)o2)cc1Cl. The molecule has 1 aliphatic heterocycles. The minimum atomic E-state index is -0.506. The zero-order valence-electron chi connectivity index (χ0n) is 15.7. The van der Waals surface area contributed by atoms with Crippen molar-refractivity contribution in [3.05, 3.63) is 81.9 Å². The van der Waals surface area contributed by atoms with Crippen LogP contribution < -0.4 is 5.32 Å². The summed E-state index contributed by atoms with van der Waals surface area (Å²) >= 11 is 7.42. The Labute approximate surface area is 181 Å². The topological polar surface area (TPSA) is 80.9 Å². The Morgan fingerprint density at radius 1 is 1.17 bits per heavy atom. The van der Waals surface area contributed by atoms with E-state index in [4.69, 9.17) is 20.8 Å². The fourth-order valence-corrected chi connectivity index (χ4v) is 3.84. The van der Waals surface area contributed by atoms with E-state index in [0.717, 1.165) is 5.69 Å². The summed E-state index contributed by atoms with van der Waals surface area (Å²) in [5.41, 5.74) is 1.74. The van der Waals surface area contributed by atoms with E-state index in [0.29, 0.717) is 27.2 Å². The number of thioether (sulfide) groups is 1. The first-order valence-corrected chi connectivity index (χ1v) is 10.1. The predicted molar refractivity (Wildman–Crippen MR) is 118 cm³/mol. The number of amidine groups is 1. The zero-order valence-corrected chi connectivity index (χ0v) is 17.3. The molecule has 1 amide bonds. The number of nitrogens with zero attached hydrogens (tertiary/aromatic N) is 1. The fourth-order valence-electron chi connectivity index (χ4n) is 2.76. The Morgan fingerprint density at radius 3 is 2.70 bits per heavy atom. The van der Waals surface area contributed by atoms with Gasteiger partial charge in [-0.15, -0.1) is 0 Å². The molecular formula is C22H15ClN2O4S. The van der Waals surface area contributed by atoms with E-state index in [-0.39, 0.29) is 16.5 Å². The highest BCUT2D eigenvalue weighted by atomic mass is 35.5. The quantitative estimate of drug-likeness (QED) is 0.443. The Balaban J connectivity index is 1.54.